The van der Waals surface area contributed by atoms with Gasteiger partial charge >= 0.3 is 57.4 Å². The van der Waals surface area contributed by atoms with E-state index >= 15 is 0 Å². The van der Waals surface area contributed by atoms with Gasteiger partial charge in [0.25, 0.3) is 0 Å². The third kappa shape index (κ3) is 24.5. The number of carboxylic acids is 2. The second kappa shape index (κ2) is 24.6. The molecule has 0 aliphatic carbocycles. The van der Waals surface area contributed by atoms with E-state index in [0.717, 1.165) is 19.3 Å². The number of carbonyl (C=O) groups is 2. The fourth-order valence-corrected chi connectivity index (χ4v) is 3.51. The van der Waals surface area contributed by atoms with E-state index in [0.29, 0.717) is 6.42 Å². The molecule has 0 bridgehead atoms. The van der Waals surface area contributed by atoms with Crippen LogP contribution in [0.25, 0.3) is 0 Å². The van der Waals surface area contributed by atoms with Crippen LogP contribution in [0.3, 0.4) is 0 Å². The van der Waals surface area contributed by atoms with Crippen molar-refractivity contribution < 1.29 is 71.2 Å². The van der Waals surface area contributed by atoms with Gasteiger partial charge in [0.05, 0.1) is 5.92 Å². The zero-order chi connectivity index (χ0) is 20.9. The van der Waals surface area contributed by atoms with Gasteiger partial charge < -0.3 is 15.0 Å². The molecule has 0 amide bonds. The summed E-state index contributed by atoms with van der Waals surface area (Å²) in [5.41, 5.74) is 0. The van der Waals surface area contributed by atoms with Gasteiger partial charge in [-0.15, -0.1) is 0 Å². The standard InChI is InChI=1S/C24H44O4.K/c1-2-3-4-5-6-7-8-9-10-11-12-13-14-15-16-17-18-19-20-22(24(27)28)21-23(25)26;/h4-5,22H,2-3,6-21H2,1H3,(H,25,26)(H,27,28);/q;+1/p-1/b5-4+;. The van der Waals surface area contributed by atoms with Gasteiger partial charge in [-0.05, 0) is 25.7 Å². The first-order valence-corrected chi connectivity index (χ1v) is 11.7. The van der Waals surface area contributed by atoms with Crippen molar-refractivity contribution in [3.8, 4) is 0 Å². The van der Waals surface area contributed by atoms with Crippen molar-refractivity contribution in [1.82, 2.24) is 0 Å². The van der Waals surface area contributed by atoms with Crippen LogP contribution in [-0.2, 0) is 9.59 Å². The van der Waals surface area contributed by atoms with E-state index < -0.39 is 17.9 Å². The van der Waals surface area contributed by atoms with Gasteiger partial charge in [0.1, 0.15) is 0 Å². The van der Waals surface area contributed by atoms with Crippen LogP contribution in [0.2, 0.25) is 0 Å². The summed E-state index contributed by atoms with van der Waals surface area (Å²) >= 11 is 0. The van der Waals surface area contributed by atoms with Gasteiger partial charge in [0.2, 0.25) is 0 Å². The molecule has 0 aliphatic rings. The van der Waals surface area contributed by atoms with Crippen LogP contribution in [-0.4, -0.2) is 17.0 Å². The van der Waals surface area contributed by atoms with Crippen molar-refractivity contribution in [1.29, 1.82) is 0 Å². The molecule has 0 saturated carbocycles. The maximum Gasteiger partial charge on any atom is 1.00 e. The Labute approximate surface area is 221 Å². The number of unbranched alkanes of at least 4 members (excludes halogenated alkanes) is 14. The molecule has 1 atom stereocenters. The molecular formula is C24H43KO4. The Hall–Kier alpha value is 0.316. The summed E-state index contributed by atoms with van der Waals surface area (Å²) in [5.74, 6) is -3.08. The molecule has 0 spiro atoms. The summed E-state index contributed by atoms with van der Waals surface area (Å²) in [6, 6.07) is 0. The zero-order valence-electron chi connectivity index (χ0n) is 19.1. The Kier molecular flexibility index (Phi) is 26.7. The van der Waals surface area contributed by atoms with Crippen molar-refractivity contribution in [3.05, 3.63) is 12.2 Å². The number of rotatable bonds is 21. The van der Waals surface area contributed by atoms with Crippen LogP contribution in [0.5, 0.6) is 0 Å². The van der Waals surface area contributed by atoms with Crippen LogP contribution >= 0.6 is 0 Å². The Bertz CT molecular complexity index is 410. The summed E-state index contributed by atoms with van der Waals surface area (Å²) < 4.78 is 0. The molecule has 0 radical (unpaired) electrons. The summed E-state index contributed by atoms with van der Waals surface area (Å²) in [5, 5.41) is 19.5. The minimum atomic E-state index is -1.27. The normalized spacial score (nSPS) is 12.0. The van der Waals surface area contributed by atoms with Crippen LogP contribution < -0.4 is 56.5 Å². The molecule has 0 aromatic heterocycles. The van der Waals surface area contributed by atoms with E-state index in [-0.39, 0.29) is 57.8 Å². The second-order valence-corrected chi connectivity index (χ2v) is 8.04. The van der Waals surface area contributed by atoms with E-state index in [1.165, 1.54) is 83.5 Å². The second-order valence-electron chi connectivity index (χ2n) is 8.04. The number of aliphatic carboxylic acids is 2. The smallest absolute Gasteiger partial charge is 0.550 e. The molecule has 29 heavy (non-hydrogen) atoms. The molecule has 0 aliphatic heterocycles. The van der Waals surface area contributed by atoms with E-state index in [1.807, 2.05) is 0 Å². The third-order valence-corrected chi connectivity index (χ3v) is 5.31. The number of allylic oxidation sites excluding steroid dienone is 2. The molecule has 164 valence electrons. The molecule has 0 heterocycles. The van der Waals surface area contributed by atoms with E-state index in [4.69, 9.17) is 5.11 Å². The van der Waals surface area contributed by atoms with Gasteiger partial charge in [-0.1, -0.05) is 103 Å². The van der Waals surface area contributed by atoms with Crippen molar-refractivity contribution in [3.63, 3.8) is 0 Å². The molecule has 0 saturated heterocycles. The van der Waals surface area contributed by atoms with Crippen LogP contribution in [0.1, 0.15) is 122 Å². The third-order valence-electron chi connectivity index (χ3n) is 5.31. The van der Waals surface area contributed by atoms with E-state index in [2.05, 4.69) is 19.1 Å². The fourth-order valence-electron chi connectivity index (χ4n) is 3.51. The van der Waals surface area contributed by atoms with Crippen molar-refractivity contribution in [2.24, 2.45) is 5.92 Å². The number of carboxylic acid groups (broad SMARTS) is 2. The molecule has 0 aromatic carbocycles. The minimum Gasteiger partial charge on any atom is -0.550 e. The van der Waals surface area contributed by atoms with Crippen LogP contribution in [0.4, 0.5) is 0 Å². The first-order valence-electron chi connectivity index (χ1n) is 11.7. The monoisotopic (exact) mass is 434 g/mol. The summed E-state index contributed by atoms with van der Waals surface area (Å²) in [6.45, 7) is 2.22. The van der Waals surface area contributed by atoms with Crippen molar-refractivity contribution >= 4 is 11.9 Å². The largest absolute Gasteiger partial charge is 1.00 e. The van der Waals surface area contributed by atoms with Gasteiger partial charge in [0, 0.05) is 12.4 Å². The number of carbonyl (C=O) groups excluding carboxylic acids is 1. The van der Waals surface area contributed by atoms with E-state index in [9.17, 15) is 14.7 Å². The first kappa shape index (κ1) is 31.5. The quantitative estimate of drug-likeness (QED) is 0.171. The Morgan fingerprint density at radius 2 is 1.17 bits per heavy atom. The summed E-state index contributed by atoms with van der Waals surface area (Å²) in [7, 11) is 0. The molecular weight excluding hydrogens is 391 g/mol. The summed E-state index contributed by atoms with van der Waals surface area (Å²) in [4.78, 5) is 21.5. The average Bonchev–Trinajstić information content (AvgIpc) is 2.65. The Morgan fingerprint density at radius 1 is 0.759 bits per heavy atom. The number of hydrogen-bond donors (Lipinski definition) is 1. The average molecular weight is 435 g/mol. The van der Waals surface area contributed by atoms with Crippen LogP contribution in [0.15, 0.2) is 12.2 Å². The molecule has 4 nitrogen and oxygen atoms in total. The predicted molar refractivity (Wildman–Crippen MR) is 114 cm³/mol. The minimum absolute atomic E-state index is 0. The van der Waals surface area contributed by atoms with Crippen molar-refractivity contribution in [2.75, 3.05) is 0 Å². The number of hydrogen-bond acceptors (Lipinski definition) is 3. The molecule has 1 unspecified atom stereocenters. The SMILES string of the molecule is CCC/C=C/CCCCCCCCCCCCCCCC(CC(=O)[O-])C(=O)O.[K+]. The summed E-state index contributed by atoms with van der Waals surface area (Å²) in [6.07, 6.45) is 24.5. The fraction of sp³-hybridized carbons (Fsp3) is 0.833. The molecule has 0 fully saturated rings. The topological polar surface area (TPSA) is 77.4 Å². The van der Waals surface area contributed by atoms with Crippen molar-refractivity contribution in [2.45, 2.75) is 122 Å². The Morgan fingerprint density at radius 3 is 1.59 bits per heavy atom. The van der Waals surface area contributed by atoms with Gasteiger partial charge in [0.15, 0.2) is 0 Å². The van der Waals surface area contributed by atoms with Gasteiger partial charge in [-0.2, -0.15) is 0 Å². The molecule has 1 N–H and O–H groups in total. The zero-order valence-corrected chi connectivity index (χ0v) is 22.3. The van der Waals surface area contributed by atoms with Crippen LogP contribution in [0, 0.1) is 5.92 Å². The van der Waals surface area contributed by atoms with E-state index in [1.54, 1.807) is 0 Å². The molecule has 5 heteroatoms. The van der Waals surface area contributed by atoms with Gasteiger partial charge in [-0.25, -0.2) is 0 Å². The van der Waals surface area contributed by atoms with Gasteiger partial charge in [-0.3, -0.25) is 4.79 Å². The Balaban J connectivity index is 0. The molecule has 0 aromatic rings. The maximum absolute atomic E-state index is 11.0. The molecule has 0 rings (SSSR count). The predicted octanol–water partition coefficient (Wildman–Crippen LogP) is 3.04. The first-order chi connectivity index (χ1) is 13.6. The maximum atomic E-state index is 11.0.